The third kappa shape index (κ3) is 6.72. The Morgan fingerprint density at radius 1 is 1.25 bits per heavy atom. The first-order valence-electron chi connectivity index (χ1n) is 10.3. The second-order valence-electron chi connectivity index (χ2n) is 7.98. The Bertz CT molecular complexity index is 1110. The van der Waals surface area contributed by atoms with Crippen molar-refractivity contribution in [2.75, 3.05) is 19.0 Å². The van der Waals surface area contributed by atoms with Gasteiger partial charge in [-0.2, -0.15) is 0 Å². The number of ether oxygens (including phenoxy) is 2. The zero-order valence-corrected chi connectivity index (χ0v) is 19.8. The van der Waals surface area contributed by atoms with Gasteiger partial charge in [-0.3, -0.25) is 4.79 Å². The summed E-state index contributed by atoms with van der Waals surface area (Å²) >= 11 is 6.34. The smallest absolute Gasteiger partial charge is 0.248 e. The highest BCUT2D eigenvalue weighted by Gasteiger charge is 2.28. The van der Waals surface area contributed by atoms with Gasteiger partial charge in [-0.25, -0.2) is 13.1 Å². The molecule has 2 aromatic rings. The number of benzene rings is 2. The first kappa shape index (κ1) is 24.1. The maximum absolute atomic E-state index is 12.4. The second kappa shape index (κ2) is 10.4. The summed E-state index contributed by atoms with van der Waals surface area (Å²) in [6, 6.07) is 9.55. The van der Waals surface area contributed by atoms with Crippen LogP contribution in [0, 0.1) is 5.92 Å². The SMILES string of the molecule is COc1cc(/C=C/C(=O)Nc2cccc(S(=O)(=O)NC3CC3)c2)cc(Cl)c1OCC(C)C. The number of anilines is 1. The van der Waals surface area contributed by atoms with Crippen LogP contribution < -0.4 is 19.5 Å². The lowest BCUT2D eigenvalue weighted by molar-refractivity contribution is -0.111. The lowest BCUT2D eigenvalue weighted by Gasteiger charge is -2.14. The third-order valence-electron chi connectivity index (χ3n) is 4.55. The van der Waals surface area contributed by atoms with Crippen molar-refractivity contribution in [1.29, 1.82) is 0 Å². The molecule has 0 aliphatic heterocycles. The van der Waals surface area contributed by atoms with Crippen LogP contribution in [0.1, 0.15) is 32.3 Å². The Balaban J connectivity index is 1.69. The van der Waals surface area contributed by atoms with Gasteiger partial charge in [0, 0.05) is 17.8 Å². The maximum Gasteiger partial charge on any atom is 0.248 e. The Morgan fingerprint density at radius 2 is 2.00 bits per heavy atom. The molecule has 0 atom stereocenters. The fraction of sp³-hybridized carbons (Fsp3) is 0.348. The van der Waals surface area contributed by atoms with E-state index in [9.17, 15) is 13.2 Å². The van der Waals surface area contributed by atoms with Crippen LogP contribution in [-0.4, -0.2) is 34.1 Å². The van der Waals surface area contributed by atoms with Crippen LogP contribution in [0.4, 0.5) is 5.69 Å². The quantitative estimate of drug-likeness (QED) is 0.491. The molecule has 0 heterocycles. The fourth-order valence-corrected chi connectivity index (χ4v) is 4.44. The molecule has 9 heteroatoms. The van der Waals surface area contributed by atoms with Crippen molar-refractivity contribution in [1.82, 2.24) is 4.72 Å². The van der Waals surface area contributed by atoms with E-state index in [-0.39, 0.29) is 10.9 Å². The van der Waals surface area contributed by atoms with Crippen molar-refractivity contribution < 1.29 is 22.7 Å². The van der Waals surface area contributed by atoms with E-state index in [2.05, 4.69) is 10.0 Å². The molecule has 0 radical (unpaired) electrons. The van der Waals surface area contributed by atoms with Gasteiger partial charge in [0.15, 0.2) is 11.5 Å². The molecule has 1 aliphatic carbocycles. The van der Waals surface area contributed by atoms with Crippen molar-refractivity contribution in [2.24, 2.45) is 5.92 Å². The minimum Gasteiger partial charge on any atom is -0.493 e. The maximum atomic E-state index is 12.4. The molecule has 0 bridgehead atoms. The van der Waals surface area contributed by atoms with Gasteiger partial charge in [-0.15, -0.1) is 0 Å². The van der Waals surface area contributed by atoms with E-state index in [4.69, 9.17) is 21.1 Å². The van der Waals surface area contributed by atoms with Crippen molar-refractivity contribution in [3.05, 3.63) is 53.1 Å². The Morgan fingerprint density at radius 3 is 2.66 bits per heavy atom. The van der Waals surface area contributed by atoms with E-state index >= 15 is 0 Å². The van der Waals surface area contributed by atoms with Crippen LogP contribution in [0.3, 0.4) is 0 Å². The van der Waals surface area contributed by atoms with Gasteiger partial charge in [-0.05, 0) is 60.7 Å². The van der Waals surface area contributed by atoms with E-state index in [1.807, 2.05) is 13.8 Å². The minimum atomic E-state index is -3.60. The predicted octanol–water partition coefficient (Wildman–Crippen LogP) is 4.48. The van der Waals surface area contributed by atoms with E-state index < -0.39 is 15.9 Å². The molecule has 0 unspecified atom stereocenters. The molecule has 1 saturated carbocycles. The normalized spacial score (nSPS) is 14.0. The van der Waals surface area contributed by atoms with Gasteiger partial charge in [0.05, 0.1) is 23.6 Å². The van der Waals surface area contributed by atoms with E-state index in [1.165, 1.54) is 25.3 Å². The van der Waals surface area contributed by atoms with Crippen molar-refractivity contribution in [3.8, 4) is 11.5 Å². The zero-order chi connectivity index (χ0) is 23.3. The van der Waals surface area contributed by atoms with E-state index in [1.54, 1.807) is 30.3 Å². The molecular weight excluding hydrogens is 452 g/mol. The number of halogens is 1. The first-order chi connectivity index (χ1) is 15.2. The van der Waals surface area contributed by atoms with Gasteiger partial charge in [0.2, 0.25) is 15.9 Å². The van der Waals surface area contributed by atoms with Gasteiger partial charge in [-0.1, -0.05) is 31.5 Å². The van der Waals surface area contributed by atoms with Crippen molar-refractivity contribution >= 4 is 39.3 Å². The summed E-state index contributed by atoms with van der Waals surface area (Å²) in [4.78, 5) is 12.5. The Labute approximate surface area is 193 Å². The largest absolute Gasteiger partial charge is 0.493 e. The number of nitrogens with one attached hydrogen (secondary N) is 2. The van der Waals surface area contributed by atoms with Gasteiger partial charge < -0.3 is 14.8 Å². The van der Waals surface area contributed by atoms with Crippen LogP contribution in [0.2, 0.25) is 5.02 Å². The van der Waals surface area contributed by atoms with Gasteiger partial charge >= 0.3 is 0 Å². The molecule has 0 spiro atoms. The Kier molecular flexibility index (Phi) is 7.82. The summed E-state index contributed by atoms with van der Waals surface area (Å²) in [5.41, 5.74) is 1.04. The first-order valence-corrected chi connectivity index (χ1v) is 12.2. The summed E-state index contributed by atoms with van der Waals surface area (Å²) in [6.45, 7) is 4.56. The molecule has 1 amide bonds. The number of methoxy groups -OCH3 is 1. The zero-order valence-electron chi connectivity index (χ0n) is 18.2. The van der Waals surface area contributed by atoms with Crippen LogP contribution in [0.25, 0.3) is 6.08 Å². The second-order valence-corrected chi connectivity index (χ2v) is 10.1. The number of carbonyl (C=O) groups excluding carboxylic acids is 1. The van der Waals surface area contributed by atoms with Crippen LogP contribution in [-0.2, 0) is 14.8 Å². The molecular formula is C23H27ClN2O5S. The third-order valence-corrected chi connectivity index (χ3v) is 6.35. The summed E-state index contributed by atoms with van der Waals surface area (Å²) in [6.07, 6.45) is 4.62. The molecule has 0 saturated heterocycles. The highest BCUT2D eigenvalue weighted by molar-refractivity contribution is 7.89. The van der Waals surface area contributed by atoms with E-state index in [0.717, 1.165) is 12.8 Å². The van der Waals surface area contributed by atoms with Crippen molar-refractivity contribution in [3.63, 3.8) is 0 Å². The van der Waals surface area contributed by atoms with Crippen LogP contribution >= 0.6 is 11.6 Å². The standard InChI is InChI=1S/C23H27ClN2O5S/c1-15(2)14-31-23-20(24)11-16(12-21(23)30-3)7-10-22(27)25-18-5-4-6-19(13-18)32(28,29)26-17-8-9-17/h4-7,10-13,15,17,26H,8-9,14H2,1-3H3,(H,25,27)/b10-7+. The summed E-state index contributed by atoms with van der Waals surface area (Å²) in [7, 11) is -2.08. The van der Waals surface area contributed by atoms with Crippen LogP contribution in [0.5, 0.6) is 11.5 Å². The molecule has 2 aromatic carbocycles. The average Bonchev–Trinajstić information content (AvgIpc) is 3.54. The van der Waals surface area contributed by atoms with Crippen molar-refractivity contribution in [2.45, 2.75) is 37.6 Å². The monoisotopic (exact) mass is 478 g/mol. The predicted molar refractivity (Wildman–Crippen MR) is 126 cm³/mol. The number of carbonyl (C=O) groups is 1. The lowest BCUT2D eigenvalue weighted by atomic mass is 10.1. The fourth-order valence-electron chi connectivity index (χ4n) is 2.81. The van der Waals surface area contributed by atoms with Gasteiger partial charge in [0.25, 0.3) is 0 Å². The number of hydrogen-bond donors (Lipinski definition) is 2. The molecule has 2 N–H and O–H groups in total. The van der Waals surface area contributed by atoms with E-state index in [0.29, 0.717) is 40.3 Å². The number of hydrogen-bond acceptors (Lipinski definition) is 5. The highest BCUT2D eigenvalue weighted by Crippen LogP contribution is 2.37. The number of sulfonamides is 1. The molecule has 1 aliphatic rings. The number of amides is 1. The van der Waals surface area contributed by atoms with Crippen LogP contribution in [0.15, 0.2) is 47.4 Å². The molecule has 3 rings (SSSR count). The average molecular weight is 479 g/mol. The summed E-state index contributed by atoms with van der Waals surface area (Å²) in [5, 5.41) is 3.05. The summed E-state index contributed by atoms with van der Waals surface area (Å²) < 4.78 is 38.4. The molecule has 7 nitrogen and oxygen atoms in total. The molecule has 1 fully saturated rings. The van der Waals surface area contributed by atoms with Gasteiger partial charge in [0.1, 0.15) is 0 Å². The molecule has 0 aromatic heterocycles. The lowest BCUT2D eigenvalue weighted by Crippen LogP contribution is -2.25. The Hall–Kier alpha value is -2.55. The highest BCUT2D eigenvalue weighted by atomic mass is 35.5. The number of rotatable bonds is 10. The topological polar surface area (TPSA) is 93.7 Å². The molecule has 172 valence electrons. The summed E-state index contributed by atoms with van der Waals surface area (Å²) in [5.74, 6) is 0.850. The molecule has 32 heavy (non-hydrogen) atoms. The minimum absolute atomic E-state index is 0.00663.